The zero-order valence-electron chi connectivity index (χ0n) is 10.3. The number of hydrogen-bond donors (Lipinski definition) is 1. The molecule has 2 aromatic rings. The Kier molecular flexibility index (Phi) is 3.98. The van der Waals surface area contributed by atoms with Gasteiger partial charge in [-0.05, 0) is 25.1 Å². The van der Waals surface area contributed by atoms with Crippen molar-refractivity contribution >= 4 is 11.0 Å². The van der Waals surface area contributed by atoms with Gasteiger partial charge in [-0.1, -0.05) is 13.8 Å². The first-order chi connectivity index (χ1) is 8.27. The number of pyridine rings is 1. The molecule has 1 N–H and O–H groups in total. The van der Waals surface area contributed by atoms with E-state index in [9.17, 15) is 0 Å². The fourth-order valence-corrected chi connectivity index (χ4v) is 1.62. The molecule has 0 radical (unpaired) electrons. The Morgan fingerprint density at radius 3 is 3.12 bits per heavy atom. The number of aromatic nitrogens is 1. The molecule has 0 aliphatic heterocycles. The summed E-state index contributed by atoms with van der Waals surface area (Å²) in [5, 5.41) is 4.28. The molecular formula is C13H18N2O2. The number of nitrogens with zero attached hydrogens (tertiary/aromatic N) is 1. The second-order valence-corrected chi connectivity index (χ2v) is 4.26. The van der Waals surface area contributed by atoms with E-state index in [1.54, 1.807) is 12.5 Å². The smallest absolute Gasteiger partial charge is 0.224 e. The van der Waals surface area contributed by atoms with Crippen molar-refractivity contribution in [1.82, 2.24) is 10.3 Å². The molecule has 0 saturated carbocycles. The second-order valence-electron chi connectivity index (χ2n) is 4.26. The first kappa shape index (κ1) is 11.9. The van der Waals surface area contributed by atoms with E-state index in [2.05, 4.69) is 24.1 Å². The van der Waals surface area contributed by atoms with Crippen LogP contribution in [0.25, 0.3) is 11.0 Å². The molecule has 0 amide bonds. The highest BCUT2D eigenvalue weighted by Gasteiger charge is 2.05. The molecule has 0 aliphatic rings. The van der Waals surface area contributed by atoms with Crippen molar-refractivity contribution in [3.63, 3.8) is 0 Å². The van der Waals surface area contributed by atoms with Crippen LogP contribution in [0.2, 0.25) is 0 Å². The average Bonchev–Trinajstić information content (AvgIpc) is 2.77. The Balaban J connectivity index is 1.84. The van der Waals surface area contributed by atoms with E-state index in [1.807, 2.05) is 12.1 Å². The van der Waals surface area contributed by atoms with Crippen LogP contribution in [0.3, 0.4) is 0 Å². The summed E-state index contributed by atoms with van der Waals surface area (Å²) in [4.78, 5) is 4.21. The van der Waals surface area contributed by atoms with Crippen molar-refractivity contribution < 1.29 is 9.15 Å². The van der Waals surface area contributed by atoms with Crippen molar-refractivity contribution in [3.05, 3.63) is 24.6 Å². The molecule has 4 nitrogen and oxygen atoms in total. The molecule has 0 bridgehead atoms. The lowest BCUT2D eigenvalue weighted by Gasteiger charge is -2.08. The topological polar surface area (TPSA) is 47.3 Å². The van der Waals surface area contributed by atoms with Crippen molar-refractivity contribution in [1.29, 1.82) is 0 Å². The van der Waals surface area contributed by atoms with Crippen LogP contribution in [-0.4, -0.2) is 24.2 Å². The zero-order chi connectivity index (χ0) is 12.1. The van der Waals surface area contributed by atoms with Crippen LogP contribution in [0.4, 0.5) is 0 Å². The van der Waals surface area contributed by atoms with Gasteiger partial charge in [0.1, 0.15) is 5.58 Å². The van der Waals surface area contributed by atoms with E-state index in [1.165, 1.54) is 0 Å². The maximum absolute atomic E-state index is 5.65. The fourth-order valence-electron chi connectivity index (χ4n) is 1.62. The molecule has 0 fully saturated rings. The Bertz CT molecular complexity index is 465. The first-order valence-electron chi connectivity index (χ1n) is 5.96. The van der Waals surface area contributed by atoms with Gasteiger partial charge in [-0.15, -0.1) is 0 Å². The molecule has 0 atom stereocenters. The maximum atomic E-state index is 5.65. The number of furan rings is 1. The molecule has 0 saturated heterocycles. The van der Waals surface area contributed by atoms with Gasteiger partial charge in [0.2, 0.25) is 5.88 Å². The predicted octanol–water partition coefficient (Wildman–Crippen LogP) is 2.59. The van der Waals surface area contributed by atoms with Gasteiger partial charge in [-0.25, -0.2) is 4.98 Å². The third-order valence-corrected chi connectivity index (χ3v) is 2.46. The van der Waals surface area contributed by atoms with Crippen LogP contribution in [0.1, 0.15) is 20.3 Å². The van der Waals surface area contributed by atoms with Gasteiger partial charge >= 0.3 is 0 Å². The van der Waals surface area contributed by atoms with Gasteiger partial charge in [0.15, 0.2) is 0 Å². The Hall–Kier alpha value is -1.55. The lowest BCUT2D eigenvalue weighted by atomic mass is 10.3. The van der Waals surface area contributed by atoms with Crippen LogP contribution in [-0.2, 0) is 0 Å². The minimum Gasteiger partial charge on any atom is -0.477 e. The van der Waals surface area contributed by atoms with Crippen LogP contribution in [0.15, 0.2) is 29.0 Å². The summed E-state index contributed by atoms with van der Waals surface area (Å²) < 4.78 is 10.9. The number of fused-ring (bicyclic) bond motifs is 1. The van der Waals surface area contributed by atoms with Gasteiger partial charge in [0, 0.05) is 12.2 Å². The quantitative estimate of drug-likeness (QED) is 0.780. The van der Waals surface area contributed by atoms with E-state index >= 15 is 0 Å². The number of ether oxygens (including phenoxy) is 1. The molecule has 17 heavy (non-hydrogen) atoms. The molecule has 0 aliphatic carbocycles. The van der Waals surface area contributed by atoms with Crippen LogP contribution in [0, 0.1) is 0 Å². The van der Waals surface area contributed by atoms with E-state index in [0.29, 0.717) is 18.5 Å². The Labute approximate surface area is 101 Å². The van der Waals surface area contributed by atoms with E-state index in [0.717, 1.165) is 23.9 Å². The largest absolute Gasteiger partial charge is 0.477 e. The number of nitrogens with one attached hydrogen (secondary N) is 1. The fraction of sp³-hybridized carbons (Fsp3) is 0.462. The highest BCUT2D eigenvalue weighted by molar-refractivity contribution is 5.81. The Morgan fingerprint density at radius 2 is 2.29 bits per heavy atom. The van der Waals surface area contributed by atoms with Gasteiger partial charge in [-0.2, -0.15) is 0 Å². The summed E-state index contributed by atoms with van der Waals surface area (Å²) in [5.74, 6) is 0.654. The molecule has 2 rings (SSSR count). The monoisotopic (exact) mass is 234 g/mol. The first-order valence-corrected chi connectivity index (χ1v) is 5.96. The molecular weight excluding hydrogens is 216 g/mol. The standard InChI is InChI=1S/C13H18N2O2/c1-10(2)14-6-3-8-17-13-11-5-9-16-12(11)4-7-15-13/h4-5,7,9-10,14H,3,6,8H2,1-2H3. The minimum atomic E-state index is 0.519. The van der Waals surface area contributed by atoms with Crippen LogP contribution < -0.4 is 10.1 Å². The van der Waals surface area contributed by atoms with Crippen molar-refractivity contribution in [2.75, 3.05) is 13.2 Å². The van der Waals surface area contributed by atoms with E-state index in [-0.39, 0.29) is 0 Å². The van der Waals surface area contributed by atoms with Gasteiger partial charge < -0.3 is 14.5 Å². The third-order valence-electron chi connectivity index (χ3n) is 2.46. The normalized spacial score (nSPS) is 11.2. The van der Waals surface area contributed by atoms with Crippen molar-refractivity contribution in [2.24, 2.45) is 0 Å². The molecule has 0 spiro atoms. The second kappa shape index (κ2) is 5.68. The molecule has 2 aromatic heterocycles. The Morgan fingerprint density at radius 1 is 1.41 bits per heavy atom. The maximum Gasteiger partial charge on any atom is 0.224 e. The highest BCUT2D eigenvalue weighted by atomic mass is 16.5. The molecule has 92 valence electrons. The summed E-state index contributed by atoms with van der Waals surface area (Å²) >= 11 is 0. The molecule has 0 unspecified atom stereocenters. The third kappa shape index (κ3) is 3.20. The molecule has 4 heteroatoms. The number of hydrogen-bond acceptors (Lipinski definition) is 4. The molecule has 0 aromatic carbocycles. The van der Waals surface area contributed by atoms with Gasteiger partial charge in [0.25, 0.3) is 0 Å². The summed E-state index contributed by atoms with van der Waals surface area (Å²) in [6.07, 6.45) is 4.32. The zero-order valence-corrected chi connectivity index (χ0v) is 10.3. The lowest BCUT2D eigenvalue weighted by Crippen LogP contribution is -2.24. The van der Waals surface area contributed by atoms with Crippen LogP contribution in [0.5, 0.6) is 5.88 Å². The predicted molar refractivity (Wildman–Crippen MR) is 67.3 cm³/mol. The van der Waals surface area contributed by atoms with E-state index < -0.39 is 0 Å². The number of rotatable bonds is 6. The SMILES string of the molecule is CC(C)NCCCOc1nccc2occc12. The van der Waals surface area contributed by atoms with Crippen molar-refractivity contribution in [2.45, 2.75) is 26.3 Å². The van der Waals surface area contributed by atoms with Crippen LogP contribution >= 0.6 is 0 Å². The van der Waals surface area contributed by atoms with Gasteiger partial charge in [0.05, 0.1) is 18.3 Å². The highest BCUT2D eigenvalue weighted by Crippen LogP contribution is 2.23. The summed E-state index contributed by atoms with van der Waals surface area (Å²) in [5.41, 5.74) is 0.815. The molecule has 2 heterocycles. The summed E-state index contributed by atoms with van der Waals surface area (Å²) in [7, 11) is 0. The summed E-state index contributed by atoms with van der Waals surface area (Å²) in [6.45, 7) is 5.89. The minimum absolute atomic E-state index is 0.519. The van der Waals surface area contributed by atoms with E-state index in [4.69, 9.17) is 9.15 Å². The van der Waals surface area contributed by atoms with Crippen molar-refractivity contribution in [3.8, 4) is 5.88 Å². The average molecular weight is 234 g/mol. The lowest BCUT2D eigenvalue weighted by molar-refractivity contribution is 0.299. The summed E-state index contributed by atoms with van der Waals surface area (Å²) in [6, 6.07) is 4.23. The van der Waals surface area contributed by atoms with Gasteiger partial charge in [-0.3, -0.25) is 0 Å².